The SMILES string of the molecule is COc1cc2c(cc1OC)C1(CCN(c3nccc(N4CCC(O)C4)n3)CC1)OCC2. The predicted molar refractivity (Wildman–Crippen MR) is 117 cm³/mol. The van der Waals surface area contributed by atoms with Crippen molar-refractivity contribution in [3.8, 4) is 11.5 Å². The molecule has 0 radical (unpaired) electrons. The molecule has 0 saturated carbocycles. The van der Waals surface area contributed by atoms with Crippen molar-refractivity contribution in [2.75, 3.05) is 56.8 Å². The molecule has 31 heavy (non-hydrogen) atoms. The normalized spacial score (nSPS) is 22.5. The van der Waals surface area contributed by atoms with E-state index in [0.29, 0.717) is 13.2 Å². The Labute approximate surface area is 182 Å². The predicted octanol–water partition coefficient (Wildman–Crippen LogP) is 2.13. The molecule has 2 saturated heterocycles. The number of hydrogen-bond acceptors (Lipinski definition) is 8. The molecule has 2 aromatic rings. The molecule has 166 valence electrons. The Kier molecular flexibility index (Phi) is 5.35. The minimum atomic E-state index is -0.305. The third kappa shape index (κ3) is 3.68. The van der Waals surface area contributed by atoms with Crippen LogP contribution in [0, 0.1) is 0 Å². The molecule has 3 aliphatic rings. The van der Waals surface area contributed by atoms with Crippen LogP contribution in [-0.2, 0) is 16.8 Å². The summed E-state index contributed by atoms with van der Waals surface area (Å²) >= 11 is 0. The standard InChI is InChI=1S/C23H30N4O4/c1-29-19-13-16-5-12-31-23(18(16)14-20(19)30-2)6-10-26(11-7-23)22-24-8-3-21(25-22)27-9-4-17(28)15-27/h3,8,13-14,17,28H,4-7,9-12,15H2,1-2H3. The van der Waals surface area contributed by atoms with Gasteiger partial charge >= 0.3 is 0 Å². The number of ether oxygens (including phenoxy) is 3. The third-order valence-corrected chi connectivity index (χ3v) is 6.82. The van der Waals surface area contributed by atoms with Gasteiger partial charge in [0.1, 0.15) is 5.82 Å². The molecule has 1 unspecified atom stereocenters. The lowest BCUT2D eigenvalue weighted by atomic mass is 9.79. The summed E-state index contributed by atoms with van der Waals surface area (Å²) in [5, 5.41) is 9.84. The van der Waals surface area contributed by atoms with E-state index in [1.54, 1.807) is 14.2 Å². The van der Waals surface area contributed by atoms with Gasteiger partial charge in [-0.2, -0.15) is 4.98 Å². The fourth-order valence-corrected chi connectivity index (χ4v) is 5.09. The van der Waals surface area contributed by atoms with Gasteiger partial charge < -0.3 is 29.1 Å². The van der Waals surface area contributed by atoms with Gasteiger partial charge in [0.15, 0.2) is 11.5 Å². The maximum Gasteiger partial charge on any atom is 0.227 e. The number of aromatic nitrogens is 2. The first-order chi connectivity index (χ1) is 15.1. The second-order valence-corrected chi connectivity index (χ2v) is 8.55. The van der Waals surface area contributed by atoms with Crippen LogP contribution in [0.4, 0.5) is 11.8 Å². The fraction of sp³-hybridized carbons (Fsp3) is 0.565. The summed E-state index contributed by atoms with van der Waals surface area (Å²) in [4.78, 5) is 13.7. The summed E-state index contributed by atoms with van der Waals surface area (Å²) in [6, 6.07) is 6.12. The van der Waals surface area contributed by atoms with Crippen LogP contribution in [0.3, 0.4) is 0 Å². The quantitative estimate of drug-likeness (QED) is 0.797. The van der Waals surface area contributed by atoms with E-state index in [0.717, 1.165) is 68.6 Å². The van der Waals surface area contributed by atoms with Crippen molar-refractivity contribution in [2.24, 2.45) is 0 Å². The van der Waals surface area contributed by atoms with Gasteiger partial charge in [-0.1, -0.05) is 0 Å². The van der Waals surface area contributed by atoms with Gasteiger partial charge in [-0.15, -0.1) is 0 Å². The zero-order chi connectivity index (χ0) is 21.4. The molecule has 2 fully saturated rings. The van der Waals surface area contributed by atoms with Crippen LogP contribution >= 0.6 is 0 Å². The smallest absolute Gasteiger partial charge is 0.227 e. The first-order valence-electron chi connectivity index (χ1n) is 11.0. The number of methoxy groups -OCH3 is 2. The molecule has 1 atom stereocenters. The fourth-order valence-electron chi connectivity index (χ4n) is 5.09. The molecule has 1 N–H and O–H groups in total. The number of benzene rings is 1. The number of nitrogens with zero attached hydrogens (tertiary/aromatic N) is 4. The van der Waals surface area contributed by atoms with E-state index in [4.69, 9.17) is 19.2 Å². The largest absolute Gasteiger partial charge is 0.493 e. The molecule has 3 aliphatic heterocycles. The minimum Gasteiger partial charge on any atom is -0.493 e. The maximum absolute atomic E-state index is 9.84. The highest BCUT2D eigenvalue weighted by Crippen LogP contribution is 2.45. The monoisotopic (exact) mass is 426 g/mol. The number of hydrogen-bond donors (Lipinski definition) is 1. The average molecular weight is 427 g/mol. The van der Waals surface area contributed by atoms with E-state index in [1.165, 1.54) is 11.1 Å². The number of β-amino-alcohol motifs (C(OH)–C–C–N with tert-alkyl or cyclic N) is 1. The lowest BCUT2D eigenvalue weighted by Gasteiger charge is -2.45. The topological polar surface area (TPSA) is 80.2 Å². The molecular formula is C23H30N4O4. The summed E-state index contributed by atoms with van der Waals surface area (Å²) < 4.78 is 17.5. The first kappa shape index (κ1) is 20.3. The zero-order valence-corrected chi connectivity index (χ0v) is 18.2. The molecule has 1 aromatic heterocycles. The van der Waals surface area contributed by atoms with E-state index >= 15 is 0 Å². The van der Waals surface area contributed by atoms with E-state index < -0.39 is 0 Å². The minimum absolute atomic E-state index is 0.271. The molecule has 1 aromatic carbocycles. The third-order valence-electron chi connectivity index (χ3n) is 6.82. The highest BCUT2D eigenvalue weighted by molar-refractivity contribution is 5.51. The van der Waals surface area contributed by atoms with Crippen molar-refractivity contribution in [3.05, 3.63) is 35.5 Å². The lowest BCUT2D eigenvalue weighted by molar-refractivity contribution is -0.0769. The summed E-state index contributed by atoms with van der Waals surface area (Å²) in [5.41, 5.74) is 2.19. The van der Waals surface area contributed by atoms with Crippen LogP contribution in [0.25, 0.3) is 0 Å². The Morgan fingerprint density at radius 1 is 1.10 bits per heavy atom. The van der Waals surface area contributed by atoms with Gasteiger partial charge in [0.2, 0.25) is 5.95 Å². The Hall–Kier alpha value is -2.58. The molecule has 5 rings (SSSR count). The van der Waals surface area contributed by atoms with E-state index in [-0.39, 0.29) is 11.7 Å². The van der Waals surface area contributed by atoms with Crippen molar-refractivity contribution < 1.29 is 19.3 Å². The van der Waals surface area contributed by atoms with Crippen LogP contribution in [0.2, 0.25) is 0 Å². The van der Waals surface area contributed by atoms with Gasteiger partial charge in [-0.05, 0) is 55.0 Å². The number of aliphatic hydroxyl groups is 1. The first-order valence-corrected chi connectivity index (χ1v) is 11.0. The molecule has 0 aliphatic carbocycles. The molecule has 1 spiro atoms. The van der Waals surface area contributed by atoms with E-state index in [1.807, 2.05) is 12.3 Å². The Morgan fingerprint density at radius 3 is 2.58 bits per heavy atom. The molecule has 8 heteroatoms. The van der Waals surface area contributed by atoms with Crippen molar-refractivity contribution >= 4 is 11.8 Å². The van der Waals surface area contributed by atoms with Gasteiger partial charge in [0.05, 0.1) is 32.5 Å². The van der Waals surface area contributed by atoms with Crippen molar-refractivity contribution in [1.29, 1.82) is 0 Å². The zero-order valence-electron chi connectivity index (χ0n) is 18.2. The van der Waals surface area contributed by atoms with Crippen LogP contribution in [-0.4, -0.2) is 68.2 Å². The highest BCUT2D eigenvalue weighted by atomic mass is 16.5. The summed E-state index contributed by atoms with van der Waals surface area (Å²) in [5.74, 6) is 3.15. The van der Waals surface area contributed by atoms with Gasteiger partial charge in [0, 0.05) is 32.4 Å². The van der Waals surface area contributed by atoms with Gasteiger partial charge in [0.25, 0.3) is 0 Å². The van der Waals surface area contributed by atoms with Crippen molar-refractivity contribution in [3.63, 3.8) is 0 Å². The number of anilines is 2. The Morgan fingerprint density at radius 2 is 1.87 bits per heavy atom. The molecule has 8 nitrogen and oxygen atoms in total. The summed E-state index contributed by atoms with van der Waals surface area (Å²) in [6.45, 7) is 3.82. The summed E-state index contributed by atoms with van der Waals surface area (Å²) in [7, 11) is 3.35. The average Bonchev–Trinajstić information content (AvgIpc) is 3.25. The number of piperidine rings is 1. The van der Waals surface area contributed by atoms with Gasteiger partial charge in [-0.3, -0.25) is 0 Å². The van der Waals surface area contributed by atoms with Crippen LogP contribution in [0.5, 0.6) is 11.5 Å². The van der Waals surface area contributed by atoms with Crippen molar-refractivity contribution in [1.82, 2.24) is 9.97 Å². The number of aliphatic hydroxyl groups excluding tert-OH is 1. The highest BCUT2D eigenvalue weighted by Gasteiger charge is 2.42. The van der Waals surface area contributed by atoms with Gasteiger partial charge in [-0.25, -0.2) is 4.98 Å². The van der Waals surface area contributed by atoms with E-state index in [9.17, 15) is 5.11 Å². The Bertz CT molecular complexity index is 945. The molecule has 0 amide bonds. The van der Waals surface area contributed by atoms with Crippen molar-refractivity contribution in [2.45, 2.75) is 37.4 Å². The summed E-state index contributed by atoms with van der Waals surface area (Å²) in [6.07, 6.45) is 4.95. The molecule has 4 heterocycles. The number of rotatable bonds is 4. The second-order valence-electron chi connectivity index (χ2n) is 8.55. The molecule has 0 bridgehead atoms. The lowest BCUT2D eigenvalue weighted by Crippen LogP contribution is -2.47. The maximum atomic E-state index is 9.84. The van der Waals surface area contributed by atoms with Crippen LogP contribution in [0.15, 0.2) is 24.4 Å². The van der Waals surface area contributed by atoms with E-state index in [2.05, 4.69) is 26.9 Å². The number of fused-ring (bicyclic) bond motifs is 2. The second kappa shape index (κ2) is 8.16. The Balaban J connectivity index is 1.36. The molecular weight excluding hydrogens is 396 g/mol. The van der Waals surface area contributed by atoms with Crippen LogP contribution in [0.1, 0.15) is 30.4 Å². The van der Waals surface area contributed by atoms with Crippen LogP contribution < -0.4 is 19.3 Å².